The van der Waals surface area contributed by atoms with Crippen molar-refractivity contribution in [1.82, 2.24) is 10.2 Å². The van der Waals surface area contributed by atoms with Crippen LogP contribution in [0.3, 0.4) is 0 Å². The number of nitrogens with zero attached hydrogens (tertiary/aromatic N) is 1. The lowest BCUT2D eigenvalue weighted by Crippen LogP contribution is -2.52. The second kappa shape index (κ2) is 5.87. The Morgan fingerprint density at radius 3 is 3.00 bits per heavy atom. The number of piperidine rings is 1. The molecule has 1 aromatic carbocycles. The van der Waals surface area contributed by atoms with Gasteiger partial charge in [-0.25, -0.2) is 4.79 Å². The molecule has 0 unspecified atom stereocenters. The van der Waals surface area contributed by atoms with E-state index < -0.39 is 5.60 Å². The average molecular weight is 304 g/mol. The number of amides is 2. The van der Waals surface area contributed by atoms with Crippen molar-refractivity contribution in [1.29, 1.82) is 0 Å². The molecule has 2 fully saturated rings. The van der Waals surface area contributed by atoms with Crippen LogP contribution in [-0.4, -0.2) is 49.2 Å². The topological polar surface area (TPSA) is 67.9 Å². The summed E-state index contributed by atoms with van der Waals surface area (Å²) in [5.41, 5.74) is 0.322. The Hall–Kier alpha value is -2.24. The van der Waals surface area contributed by atoms with Gasteiger partial charge in [0.15, 0.2) is 0 Å². The maximum Gasteiger partial charge on any atom is 0.407 e. The van der Waals surface area contributed by atoms with Gasteiger partial charge in [-0.15, -0.1) is 0 Å². The molecular formula is C16H20N2O4. The van der Waals surface area contributed by atoms with E-state index in [0.29, 0.717) is 26.1 Å². The van der Waals surface area contributed by atoms with Crippen molar-refractivity contribution in [3.63, 3.8) is 0 Å². The third kappa shape index (κ3) is 2.86. The second-order valence-corrected chi connectivity index (χ2v) is 5.83. The Bertz CT molecular complexity index is 589. The van der Waals surface area contributed by atoms with Crippen LogP contribution in [0.2, 0.25) is 0 Å². The van der Waals surface area contributed by atoms with E-state index in [0.717, 1.165) is 24.2 Å². The molecule has 0 bridgehead atoms. The van der Waals surface area contributed by atoms with Gasteiger partial charge in [-0.1, -0.05) is 18.2 Å². The zero-order chi connectivity index (χ0) is 15.6. The van der Waals surface area contributed by atoms with E-state index in [1.807, 2.05) is 24.3 Å². The van der Waals surface area contributed by atoms with E-state index in [4.69, 9.17) is 9.47 Å². The summed E-state index contributed by atoms with van der Waals surface area (Å²) in [6, 6.07) is 7.52. The van der Waals surface area contributed by atoms with Gasteiger partial charge in [0.2, 0.25) is 5.91 Å². The van der Waals surface area contributed by atoms with Crippen LogP contribution in [0.25, 0.3) is 0 Å². The molecule has 1 spiro atoms. The molecule has 2 aliphatic rings. The fourth-order valence-electron chi connectivity index (χ4n) is 3.16. The number of alkyl carbamates (subject to hydrolysis) is 1. The highest BCUT2D eigenvalue weighted by Crippen LogP contribution is 2.29. The molecule has 22 heavy (non-hydrogen) atoms. The zero-order valence-corrected chi connectivity index (χ0v) is 12.6. The zero-order valence-electron chi connectivity index (χ0n) is 12.6. The minimum atomic E-state index is -0.550. The average Bonchev–Trinajstić information content (AvgIpc) is 2.88. The third-order valence-corrected chi connectivity index (χ3v) is 4.29. The number of carbonyl (C=O) groups is 2. The fourth-order valence-corrected chi connectivity index (χ4v) is 3.16. The highest BCUT2D eigenvalue weighted by atomic mass is 16.6. The molecule has 1 atom stereocenters. The summed E-state index contributed by atoms with van der Waals surface area (Å²) in [4.78, 5) is 25.7. The first-order chi connectivity index (χ1) is 10.6. The summed E-state index contributed by atoms with van der Waals surface area (Å²) < 4.78 is 10.7. The van der Waals surface area contributed by atoms with Crippen LogP contribution in [0.15, 0.2) is 24.3 Å². The molecule has 0 aliphatic carbocycles. The summed E-state index contributed by atoms with van der Waals surface area (Å²) in [7, 11) is 1.60. The molecular weight excluding hydrogens is 284 g/mol. The highest BCUT2D eigenvalue weighted by molar-refractivity contribution is 5.80. The van der Waals surface area contributed by atoms with Crippen molar-refractivity contribution < 1.29 is 19.1 Å². The standard InChI is InChI=1S/C16H20N2O4/c1-21-13-6-3-2-5-12(13)9-14(19)18-8-4-7-16(11-18)10-17-15(20)22-16/h2-3,5-6H,4,7-11H2,1H3,(H,17,20)/t16-/m0/s1. The molecule has 2 amide bonds. The Morgan fingerprint density at radius 1 is 1.45 bits per heavy atom. The molecule has 6 nitrogen and oxygen atoms in total. The lowest BCUT2D eigenvalue weighted by molar-refractivity contribution is -0.136. The summed E-state index contributed by atoms with van der Waals surface area (Å²) in [6.45, 7) is 1.64. The largest absolute Gasteiger partial charge is 0.496 e. The minimum Gasteiger partial charge on any atom is -0.496 e. The van der Waals surface area contributed by atoms with Crippen LogP contribution < -0.4 is 10.1 Å². The van der Waals surface area contributed by atoms with Crippen LogP contribution in [0.1, 0.15) is 18.4 Å². The lowest BCUT2D eigenvalue weighted by atomic mass is 9.92. The van der Waals surface area contributed by atoms with E-state index in [1.165, 1.54) is 0 Å². The molecule has 118 valence electrons. The summed E-state index contributed by atoms with van der Waals surface area (Å²) in [5.74, 6) is 0.753. The van der Waals surface area contributed by atoms with Crippen molar-refractivity contribution in [2.24, 2.45) is 0 Å². The number of benzene rings is 1. The monoisotopic (exact) mass is 304 g/mol. The number of nitrogens with one attached hydrogen (secondary N) is 1. The molecule has 2 heterocycles. The second-order valence-electron chi connectivity index (χ2n) is 5.83. The molecule has 6 heteroatoms. The number of likely N-dealkylation sites (tertiary alicyclic amines) is 1. The Kier molecular flexibility index (Phi) is 3.92. The first-order valence-corrected chi connectivity index (χ1v) is 7.48. The number of hydrogen-bond donors (Lipinski definition) is 1. The number of methoxy groups -OCH3 is 1. The van der Waals surface area contributed by atoms with Gasteiger partial charge < -0.3 is 19.7 Å². The van der Waals surface area contributed by atoms with Crippen LogP contribution in [-0.2, 0) is 16.0 Å². The van der Waals surface area contributed by atoms with Crippen LogP contribution in [0, 0.1) is 0 Å². The number of carbonyl (C=O) groups excluding carboxylic acids is 2. The summed E-state index contributed by atoms with van der Waals surface area (Å²) in [6.07, 6.45) is 1.54. The third-order valence-electron chi connectivity index (χ3n) is 4.29. The molecule has 2 saturated heterocycles. The molecule has 0 saturated carbocycles. The normalized spacial score (nSPS) is 24.0. The maximum absolute atomic E-state index is 12.6. The van der Waals surface area contributed by atoms with E-state index >= 15 is 0 Å². The van der Waals surface area contributed by atoms with Crippen molar-refractivity contribution >= 4 is 12.0 Å². The van der Waals surface area contributed by atoms with Gasteiger partial charge in [-0.05, 0) is 18.9 Å². The lowest BCUT2D eigenvalue weighted by Gasteiger charge is -2.38. The summed E-state index contributed by atoms with van der Waals surface area (Å²) >= 11 is 0. The predicted molar refractivity (Wildman–Crippen MR) is 79.7 cm³/mol. The Morgan fingerprint density at radius 2 is 2.27 bits per heavy atom. The number of rotatable bonds is 3. The molecule has 1 aromatic rings. The van der Waals surface area contributed by atoms with E-state index in [2.05, 4.69) is 5.32 Å². The van der Waals surface area contributed by atoms with Gasteiger partial charge in [0.1, 0.15) is 11.4 Å². The van der Waals surface area contributed by atoms with Crippen LogP contribution >= 0.6 is 0 Å². The fraction of sp³-hybridized carbons (Fsp3) is 0.500. The van der Waals surface area contributed by atoms with Crippen molar-refractivity contribution in [2.75, 3.05) is 26.7 Å². The number of para-hydroxylation sites is 1. The van der Waals surface area contributed by atoms with Gasteiger partial charge in [0, 0.05) is 12.1 Å². The molecule has 1 N–H and O–H groups in total. The minimum absolute atomic E-state index is 0.0338. The van der Waals surface area contributed by atoms with Gasteiger partial charge in [-0.3, -0.25) is 4.79 Å². The summed E-state index contributed by atoms with van der Waals surface area (Å²) in [5, 5.41) is 2.69. The van der Waals surface area contributed by atoms with Crippen LogP contribution in [0.4, 0.5) is 4.79 Å². The first kappa shape index (κ1) is 14.7. The molecule has 0 aromatic heterocycles. The van der Waals surface area contributed by atoms with Crippen molar-refractivity contribution in [3.8, 4) is 5.75 Å². The van der Waals surface area contributed by atoms with E-state index in [-0.39, 0.29) is 12.0 Å². The van der Waals surface area contributed by atoms with Gasteiger partial charge in [0.25, 0.3) is 0 Å². The van der Waals surface area contributed by atoms with Gasteiger partial charge in [0.05, 0.1) is 26.6 Å². The Balaban J connectivity index is 1.68. The SMILES string of the molecule is COc1ccccc1CC(=O)N1CCC[C@]2(CNC(=O)O2)C1. The van der Waals surface area contributed by atoms with Crippen LogP contribution in [0.5, 0.6) is 5.75 Å². The highest BCUT2D eigenvalue weighted by Gasteiger charge is 2.44. The molecule has 0 radical (unpaired) electrons. The predicted octanol–water partition coefficient (Wildman–Crippen LogP) is 1.34. The number of ether oxygens (including phenoxy) is 2. The van der Waals surface area contributed by atoms with E-state index in [1.54, 1.807) is 12.0 Å². The molecule has 2 aliphatic heterocycles. The van der Waals surface area contributed by atoms with Gasteiger partial charge >= 0.3 is 6.09 Å². The van der Waals surface area contributed by atoms with Crippen molar-refractivity contribution in [2.45, 2.75) is 24.9 Å². The Labute approximate surface area is 129 Å². The van der Waals surface area contributed by atoms with E-state index in [9.17, 15) is 9.59 Å². The smallest absolute Gasteiger partial charge is 0.407 e. The molecule has 3 rings (SSSR count). The number of hydrogen-bond acceptors (Lipinski definition) is 4. The quantitative estimate of drug-likeness (QED) is 0.915. The first-order valence-electron chi connectivity index (χ1n) is 7.48. The maximum atomic E-state index is 12.6. The van der Waals surface area contributed by atoms with Gasteiger partial charge in [-0.2, -0.15) is 0 Å². The van der Waals surface area contributed by atoms with Crippen molar-refractivity contribution in [3.05, 3.63) is 29.8 Å².